The standard InChI is InChI=1S/C17H26N2O/c1-14(16-8-10-18-11-9-16)13-17(20)19-12-7-15-5-3-2-4-6-15/h2-6,14,16,18H,7-13H2,1H3,(H,19,20). The third kappa shape index (κ3) is 4.97. The smallest absolute Gasteiger partial charge is 0.220 e. The van der Waals surface area contributed by atoms with Crippen molar-refractivity contribution in [3.8, 4) is 0 Å². The van der Waals surface area contributed by atoms with E-state index in [4.69, 9.17) is 0 Å². The number of carbonyl (C=O) groups excluding carboxylic acids is 1. The van der Waals surface area contributed by atoms with Gasteiger partial charge in [-0.25, -0.2) is 0 Å². The van der Waals surface area contributed by atoms with Gasteiger partial charge in [0.25, 0.3) is 0 Å². The highest BCUT2D eigenvalue weighted by Crippen LogP contribution is 2.24. The third-order valence-corrected chi connectivity index (χ3v) is 4.27. The summed E-state index contributed by atoms with van der Waals surface area (Å²) in [6, 6.07) is 10.3. The van der Waals surface area contributed by atoms with Crippen molar-refractivity contribution in [1.82, 2.24) is 10.6 Å². The van der Waals surface area contributed by atoms with Gasteiger partial charge in [0, 0.05) is 13.0 Å². The highest BCUT2D eigenvalue weighted by Gasteiger charge is 2.21. The Bertz CT molecular complexity index is 399. The maximum atomic E-state index is 12.0. The van der Waals surface area contributed by atoms with E-state index >= 15 is 0 Å². The number of nitrogens with one attached hydrogen (secondary N) is 2. The third-order valence-electron chi connectivity index (χ3n) is 4.27. The summed E-state index contributed by atoms with van der Waals surface area (Å²) in [5, 5.41) is 6.42. The van der Waals surface area contributed by atoms with Gasteiger partial charge in [-0.1, -0.05) is 37.3 Å². The summed E-state index contributed by atoms with van der Waals surface area (Å²) in [5.41, 5.74) is 1.28. The minimum Gasteiger partial charge on any atom is -0.356 e. The first kappa shape index (κ1) is 15.0. The van der Waals surface area contributed by atoms with Crippen molar-refractivity contribution in [1.29, 1.82) is 0 Å². The van der Waals surface area contributed by atoms with Crippen LogP contribution in [0.25, 0.3) is 0 Å². The highest BCUT2D eigenvalue weighted by atomic mass is 16.1. The van der Waals surface area contributed by atoms with Gasteiger partial charge in [0.1, 0.15) is 0 Å². The lowest BCUT2D eigenvalue weighted by Gasteiger charge is -2.27. The van der Waals surface area contributed by atoms with Crippen molar-refractivity contribution in [3.63, 3.8) is 0 Å². The Morgan fingerprint density at radius 2 is 2.00 bits per heavy atom. The van der Waals surface area contributed by atoms with Crippen molar-refractivity contribution in [2.45, 2.75) is 32.6 Å². The van der Waals surface area contributed by atoms with Crippen molar-refractivity contribution in [2.75, 3.05) is 19.6 Å². The molecule has 3 nitrogen and oxygen atoms in total. The fraction of sp³-hybridized carbons (Fsp3) is 0.588. The number of piperidine rings is 1. The van der Waals surface area contributed by atoms with Crippen LogP contribution in [0.3, 0.4) is 0 Å². The summed E-state index contributed by atoms with van der Waals surface area (Å²) in [6.45, 7) is 5.16. The van der Waals surface area contributed by atoms with E-state index in [0.29, 0.717) is 18.3 Å². The molecule has 0 saturated carbocycles. The van der Waals surface area contributed by atoms with Crippen LogP contribution in [0.1, 0.15) is 31.7 Å². The van der Waals surface area contributed by atoms with Gasteiger partial charge >= 0.3 is 0 Å². The molecule has 1 fully saturated rings. The molecule has 110 valence electrons. The van der Waals surface area contributed by atoms with Gasteiger partial charge in [0.2, 0.25) is 5.91 Å². The van der Waals surface area contributed by atoms with Crippen LogP contribution in [0, 0.1) is 11.8 Å². The Morgan fingerprint density at radius 3 is 2.70 bits per heavy atom. The van der Waals surface area contributed by atoms with Gasteiger partial charge in [-0.05, 0) is 49.8 Å². The number of hydrogen-bond donors (Lipinski definition) is 2. The molecule has 20 heavy (non-hydrogen) atoms. The fourth-order valence-electron chi connectivity index (χ4n) is 2.94. The average Bonchev–Trinajstić information content (AvgIpc) is 2.49. The van der Waals surface area contributed by atoms with E-state index in [1.54, 1.807) is 0 Å². The molecule has 3 heteroatoms. The second-order valence-corrected chi connectivity index (χ2v) is 5.85. The Labute approximate surface area is 122 Å². The van der Waals surface area contributed by atoms with E-state index in [1.165, 1.54) is 18.4 Å². The van der Waals surface area contributed by atoms with Crippen LogP contribution >= 0.6 is 0 Å². The van der Waals surface area contributed by atoms with Crippen molar-refractivity contribution in [3.05, 3.63) is 35.9 Å². The number of carbonyl (C=O) groups is 1. The van der Waals surface area contributed by atoms with Gasteiger partial charge in [0.15, 0.2) is 0 Å². The minimum absolute atomic E-state index is 0.201. The quantitative estimate of drug-likeness (QED) is 0.836. The molecule has 0 spiro atoms. The average molecular weight is 274 g/mol. The molecule has 0 aromatic heterocycles. The first-order valence-electron chi connectivity index (χ1n) is 7.77. The number of amides is 1. The van der Waals surface area contributed by atoms with Gasteiger partial charge in [-0.15, -0.1) is 0 Å². The summed E-state index contributed by atoms with van der Waals surface area (Å²) >= 11 is 0. The first-order valence-corrected chi connectivity index (χ1v) is 7.77. The Hall–Kier alpha value is -1.35. The molecule has 1 heterocycles. The maximum Gasteiger partial charge on any atom is 0.220 e. The lowest BCUT2D eigenvalue weighted by molar-refractivity contribution is -0.122. The lowest BCUT2D eigenvalue weighted by Crippen LogP contribution is -2.34. The van der Waals surface area contributed by atoms with E-state index < -0.39 is 0 Å². The van der Waals surface area contributed by atoms with Crippen LogP contribution in [0.2, 0.25) is 0 Å². The predicted molar refractivity (Wildman–Crippen MR) is 82.5 cm³/mol. The topological polar surface area (TPSA) is 41.1 Å². The molecule has 0 aliphatic carbocycles. The molecular formula is C17H26N2O. The molecule has 1 saturated heterocycles. The Morgan fingerprint density at radius 1 is 1.30 bits per heavy atom. The monoisotopic (exact) mass is 274 g/mol. The summed E-state index contributed by atoms with van der Waals surface area (Å²) in [4.78, 5) is 12.0. The van der Waals surface area contributed by atoms with E-state index in [0.717, 1.165) is 26.1 Å². The zero-order chi connectivity index (χ0) is 14.2. The maximum absolute atomic E-state index is 12.0. The summed E-state index contributed by atoms with van der Waals surface area (Å²) in [6.07, 6.45) is 3.99. The van der Waals surface area contributed by atoms with Gasteiger partial charge in [-0.3, -0.25) is 4.79 Å². The highest BCUT2D eigenvalue weighted by molar-refractivity contribution is 5.76. The zero-order valence-electron chi connectivity index (χ0n) is 12.4. The molecule has 2 rings (SSSR count). The normalized spacial score (nSPS) is 17.6. The van der Waals surface area contributed by atoms with Crippen LogP contribution in [0.15, 0.2) is 30.3 Å². The number of rotatable bonds is 6. The van der Waals surface area contributed by atoms with Crippen LogP contribution in [0.5, 0.6) is 0 Å². The molecular weight excluding hydrogens is 248 g/mol. The number of benzene rings is 1. The summed E-state index contributed by atoms with van der Waals surface area (Å²) in [7, 11) is 0. The van der Waals surface area contributed by atoms with Crippen molar-refractivity contribution in [2.24, 2.45) is 11.8 Å². The predicted octanol–water partition coefficient (Wildman–Crippen LogP) is 2.37. The fourth-order valence-corrected chi connectivity index (χ4v) is 2.94. The molecule has 1 aromatic rings. The molecule has 1 aromatic carbocycles. The first-order chi connectivity index (χ1) is 9.75. The van der Waals surface area contributed by atoms with Crippen LogP contribution in [0.4, 0.5) is 0 Å². The number of hydrogen-bond acceptors (Lipinski definition) is 2. The molecule has 0 bridgehead atoms. The lowest BCUT2D eigenvalue weighted by atomic mass is 9.84. The van der Waals surface area contributed by atoms with Crippen molar-refractivity contribution < 1.29 is 4.79 Å². The van der Waals surface area contributed by atoms with E-state index in [2.05, 4.69) is 29.7 Å². The molecule has 0 radical (unpaired) electrons. The van der Waals surface area contributed by atoms with Gasteiger partial charge in [0.05, 0.1) is 0 Å². The van der Waals surface area contributed by atoms with Gasteiger partial charge < -0.3 is 10.6 Å². The molecule has 1 aliphatic rings. The largest absolute Gasteiger partial charge is 0.356 e. The zero-order valence-corrected chi connectivity index (χ0v) is 12.4. The SMILES string of the molecule is CC(CC(=O)NCCc1ccccc1)C1CCNCC1. The van der Waals surface area contributed by atoms with Crippen molar-refractivity contribution >= 4 is 5.91 Å². The van der Waals surface area contributed by atoms with E-state index in [-0.39, 0.29) is 5.91 Å². The molecule has 1 aliphatic heterocycles. The van der Waals surface area contributed by atoms with Crippen LogP contribution in [-0.4, -0.2) is 25.5 Å². The second-order valence-electron chi connectivity index (χ2n) is 5.85. The molecule has 1 amide bonds. The molecule has 2 N–H and O–H groups in total. The van der Waals surface area contributed by atoms with Gasteiger partial charge in [-0.2, -0.15) is 0 Å². The molecule has 1 atom stereocenters. The second kappa shape index (κ2) is 8.05. The van der Waals surface area contributed by atoms with Crippen LogP contribution in [-0.2, 0) is 11.2 Å². The summed E-state index contributed by atoms with van der Waals surface area (Å²) < 4.78 is 0. The van der Waals surface area contributed by atoms with Crippen LogP contribution < -0.4 is 10.6 Å². The Kier molecular flexibility index (Phi) is 6.06. The summed E-state index contributed by atoms with van der Waals surface area (Å²) in [5.74, 6) is 1.40. The van der Waals surface area contributed by atoms with E-state index in [9.17, 15) is 4.79 Å². The Balaban J connectivity index is 1.64. The van der Waals surface area contributed by atoms with E-state index in [1.807, 2.05) is 18.2 Å². The molecule has 1 unspecified atom stereocenters. The minimum atomic E-state index is 0.201.